The van der Waals surface area contributed by atoms with Gasteiger partial charge in [-0.15, -0.1) is 0 Å². The van der Waals surface area contributed by atoms with Crippen LogP contribution >= 0.6 is 34.2 Å². The lowest BCUT2D eigenvalue weighted by atomic mass is 9.38. The summed E-state index contributed by atoms with van der Waals surface area (Å²) in [4.78, 5) is 32.7. The SMILES string of the molecule is C[C@H]1C[C@H]2[C@@H]3C[C@@H](I)[C@](ON(C)Cc4ccc(Cl)o4)(C(=O)CO)[C@@]3(C)C[C@H](O)[C@]2(C)[C@@]2(C)C=CC(=O)C=C12. The number of furan rings is 1. The Labute approximate surface area is 242 Å². The molecule has 0 aliphatic heterocycles. The molecule has 0 aromatic carbocycles. The minimum Gasteiger partial charge on any atom is -0.448 e. The summed E-state index contributed by atoms with van der Waals surface area (Å²) in [6.45, 7) is 8.15. The molecule has 0 spiro atoms. The van der Waals surface area contributed by atoms with Crippen molar-refractivity contribution in [2.75, 3.05) is 13.7 Å². The Kier molecular flexibility index (Phi) is 7.13. The Bertz CT molecular complexity index is 1210. The van der Waals surface area contributed by atoms with Gasteiger partial charge in [-0.2, -0.15) is 5.06 Å². The van der Waals surface area contributed by atoms with E-state index in [-0.39, 0.29) is 45.0 Å². The Morgan fingerprint density at radius 2 is 1.97 bits per heavy atom. The van der Waals surface area contributed by atoms with Crippen molar-refractivity contribution >= 4 is 45.8 Å². The van der Waals surface area contributed by atoms with Crippen LogP contribution in [0.5, 0.6) is 0 Å². The third kappa shape index (κ3) is 3.73. The molecule has 3 saturated carbocycles. The van der Waals surface area contributed by atoms with Gasteiger partial charge in [0.25, 0.3) is 0 Å². The number of rotatable bonds is 6. The van der Waals surface area contributed by atoms with E-state index in [2.05, 4.69) is 50.3 Å². The third-order valence-corrected chi connectivity index (χ3v) is 12.3. The van der Waals surface area contributed by atoms with Crippen molar-refractivity contribution in [1.29, 1.82) is 0 Å². The molecule has 4 aliphatic rings. The monoisotopic (exact) mass is 657 g/mol. The summed E-state index contributed by atoms with van der Waals surface area (Å²) in [5.41, 5.74) is -1.99. The maximum Gasteiger partial charge on any atom is 0.193 e. The molecule has 0 amide bonds. The summed E-state index contributed by atoms with van der Waals surface area (Å²) in [6.07, 6.45) is 6.53. The highest BCUT2D eigenvalue weighted by molar-refractivity contribution is 14.1. The van der Waals surface area contributed by atoms with Crippen LogP contribution in [0.1, 0.15) is 52.7 Å². The topological polar surface area (TPSA) is 100 Å². The van der Waals surface area contributed by atoms with Gasteiger partial charge in [0.2, 0.25) is 0 Å². The summed E-state index contributed by atoms with van der Waals surface area (Å²) in [5.74, 6) is 0.515. The van der Waals surface area contributed by atoms with Crippen LogP contribution in [-0.2, 0) is 21.0 Å². The van der Waals surface area contributed by atoms with Gasteiger partial charge in [-0.3, -0.25) is 14.4 Å². The van der Waals surface area contributed by atoms with Crippen molar-refractivity contribution in [3.8, 4) is 0 Å². The first-order valence-electron chi connectivity index (χ1n) is 13.3. The normalized spacial score (nSPS) is 44.0. The van der Waals surface area contributed by atoms with E-state index in [4.69, 9.17) is 20.9 Å². The Balaban J connectivity index is 1.57. The number of aliphatic hydroxyl groups is 2. The highest BCUT2D eigenvalue weighted by Gasteiger charge is 2.75. The molecule has 208 valence electrons. The predicted octanol–water partition coefficient (Wildman–Crippen LogP) is 4.92. The number of fused-ring (bicyclic) bond motifs is 5. The number of carbonyl (C=O) groups excluding carboxylic acids is 2. The summed E-state index contributed by atoms with van der Waals surface area (Å²) in [6, 6.07) is 3.42. The highest BCUT2D eigenvalue weighted by Crippen LogP contribution is 2.73. The summed E-state index contributed by atoms with van der Waals surface area (Å²) >= 11 is 8.27. The number of alkyl halides is 1. The molecule has 4 aliphatic carbocycles. The van der Waals surface area contributed by atoms with Gasteiger partial charge in [-0.25, -0.2) is 0 Å². The lowest BCUT2D eigenvalue weighted by Crippen LogP contribution is -2.68. The number of hydrogen-bond donors (Lipinski definition) is 2. The number of aliphatic hydroxyl groups excluding tert-OH is 2. The Hall–Kier alpha value is -1.04. The van der Waals surface area contributed by atoms with Crippen LogP contribution in [0.15, 0.2) is 40.4 Å². The van der Waals surface area contributed by atoms with E-state index in [0.717, 1.165) is 18.4 Å². The number of nitrogens with zero attached hydrogens (tertiary/aromatic N) is 1. The standard InChI is InChI=1S/C29H37ClINO6/c1-16-10-21-20-12-22(31)29(24(36)15-33,38-32(5)14-18-6-7-25(30)37-18)27(20,3)13-23(35)28(21,4)26(2)9-8-17(34)11-19(16)26/h6-9,11,16,20-23,33,35H,10,12-15H2,1-5H3/t16-,20-,21-,22+,23-,26-,27-,28+,29-/m0/s1. The second-order valence-corrected chi connectivity index (χ2v) is 14.3. The number of ketones is 2. The van der Waals surface area contributed by atoms with Crippen LogP contribution in [0.4, 0.5) is 0 Å². The summed E-state index contributed by atoms with van der Waals surface area (Å²) in [7, 11) is 1.75. The first kappa shape index (κ1) is 28.5. The smallest absolute Gasteiger partial charge is 0.193 e. The fourth-order valence-corrected chi connectivity index (χ4v) is 10.6. The fourth-order valence-electron chi connectivity index (χ4n) is 8.72. The molecule has 3 fully saturated rings. The third-order valence-electron chi connectivity index (χ3n) is 10.7. The van der Waals surface area contributed by atoms with Gasteiger partial charge in [-0.1, -0.05) is 61.9 Å². The number of carbonyl (C=O) groups is 2. The molecule has 9 atom stereocenters. The van der Waals surface area contributed by atoms with E-state index in [1.807, 2.05) is 6.08 Å². The van der Waals surface area contributed by atoms with Crippen molar-refractivity contribution in [3.63, 3.8) is 0 Å². The van der Waals surface area contributed by atoms with E-state index in [1.54, 1.807) is 36.4 Å². The molecule has 7 nitrogen and oxygen atoms in total. The predicted molar refractivity (Wildman–Crippen MR) is 151 cm³/mol. The zero-order valence-corrected chi connectivity index (χ0v) is 25.5. The van der Waals surface area contributed by atoms with Crippen LogP contribution < -0.4 is 0 Å². The Morgan fingerprint density at radius 3 is 2.61 bits per heavy atom. The van der Waals surface area contributed by atoms with Crippen LogP contribution in [0.2, 0.25) is 5.22 Å². The summed E-state index contributed by atoms with van der Waals surface area (Å²) in [5, 5.41) is 24.1. The minimum atomic E-state index is -1.33. The van der Waals surface area contributed by atoms with Gasteiger partial charge >= 0.3 is 0 Å². The van der Waals surface area contributed by atoms with Gasteiger partial charge in [0.05, 0.1) is 16.6 Å². The molecule has 0 saturated heterocycles. The summed E-state index contributed by atoms with van der Waals surface area (Å²) < 4.78 is 5.28. The van der Waals surface area contributed by atoms with Crippen LogP contribution in [0.25, 0.3) is 0 Å². The average Bonchev–Trinajstić information content (AvgIpc) is 3.35. The molecule has 1 aromatic heterocycles. The van der Waals surface area contributed by atoms with Gasteiger partial charge in [0.15, 0.2) is 22.4 Å². The molecule has 0 bridgehead atoms. The van der Waals surface area contributed by atoms with E-state index < -0.39 is 34.6 Å². The molecule has 0 radical (unpaired) electrons. The quantitative estimate of drug-likeness (QED) is 0.255. The van der Waals surface area contributed by atoms with Crippen LogP contribution in [-0.4, -0.2) is 56.1 Å². The maximum absolute atomic E-state index is 13.7. The molecule has 38 heavy (non-hydrogen) atoms. The van der Waals surface area contributed by atoms with Gasteiger partial charge in [0, 0.05) is 23.3 Å². The van der Waals surface area contributed by atoms with Gasteiger partial charge in [-0.05, 0) is 72.9 Å². The number of Topliss-reactive ketones (excluding diaryl/α,β-unsaturated/α-hetero) is 1. The molecular weight excluding hydrogens is 621 g/mol. The fraction of sp³-hybridized carbons (Fsp3) is 0.655. The Morgan fingerprint density at radius 1 is 1.26 bits per heavy atom. The van der Waals surface area contributed by atoms with Gasteiger partial charge in [0.1, 0.15) is 12.4 Å². The van der Waals surface area contributed by atoms with E-state index in [9.17, 15) is 19.8 Å². The average molecular weight is 658 g/mol. The first-order chi connectivity index (χ1) is 17.7. The molecule has 1 heterocycles. The number of hydroxylamine groups is 2. The van der Waals surface area contributed by atoms with Gasteiger partial charge < -0.3 is 14.6 Å². The number of hydrogen-bond acceptors (Lipinski definition) is 7. The van der Waals surface area contributed by atoms with Crippen molar-refractivity contribution < 1.29 is 29.1 Å². The van der Waals surface area contributed by atoms with E-state index in [1.165, 1.54) is 0 Å². The van der Waals surface area contributed by atoms with Crippen LogP contribution in [0.3, 0.4) is 0 Å². The van der Waals surface area contributed by atoms with E-state index in [0.29, 0.717) is 12.2 Å². The van der Waals surface area contributed by atoms with Crippen molar-refractivity contribution in [1.82, 2.24) is 5.06 Å². The minimum absolute atomic E-state index is 0.00320. The molecular formula is C29H37ClINO6. The lowest BCUT2D eigenvalue weighted by molar-refractivity contribution is -0.284. The van der Waals surface area contributed by atoms with Crippen molar-refractivity contribution in [2.24, 2.45) is 34.0 Å². The van der Waals surface area contributed by atoms with Crippen LogP contribution in [0, 0.1) is 34.0 Å². The molecule has 2 N–H and O–H groups in total. The molecule has 9 heteroatoms. The number of allylic oxidation sites excluding steroid dienone is 4. The van der Waals surface area contributed by atoms with Crippen molar-refractivity contribution in [3.05, 3.63) is 46.9 Å². The highest BCUT2D eigenvalue weighted by atomic mass is 127. The first-order valence-corrected chi connectivity index (χ1v) is 14.9. The second kappa shape index (κ2) is 9.52. The second-order valence-electron chi connectivity index (χ2n) is 12.4. The largest absolute Gasteiger partial charge is 0.448 e. The van der Waals surface area contributed by atoms with Crippen molar-refractivity contribution in [2.45, 2.75) is 69.1 Å². The molecule has 0 unspecified atom stereocenters. The number of halogens is 2. The zero-order chi connectivity index (χ0) is 27.8. The zero-order valence-electron chi connectivity index (χ0n) is 22.5. The van der Waals surface area contributed by atoms with E-state index >= 15 is 0 Å². The molecule has 1 aromatic rings. The maximum atomic E-state index is 13.7. The molecule has 5 rings (SSSR count). The lowest BCUT2D eigenvalue weighted by Gasteiger charge is -2.66.